The Kier molecular flexibility index (Phi) is 10.0. The molecule has 0 aromatic heterocycles. The highest BCUT2D eigenvalue weighted by molar-refractivity contribution is 5.75. The summed E-state index contributed by atoms with van der Waals surface area (Å²) in [6.45, 7) is 8.21. The van der Waals surface area contributed by atoms with Crippen LogP contribution in [-0.2, 0) is 4.79 Å². The second-order valence-electron chi connectivity index (χ2n) is 6.00. The molecule has 108 valence electrons. The smallest absolute Gasteiger partial charge is 0.220 e. The standard InChI is InChI=1S/C15H32N2O/c1-4-5-8-11-15(2,3)13-17-14(18)10-7-6-9-12-16/h4-13,16H2,1-3H3,(H,17,18). The molecule has 3 nitrogen and oxygen atoms in total. The number of carbonyl (C=O) groups is 1. The van der Waals surface area contributed by atoms with Crippen molar-refractivity contribution in [2.45, 2.75) is 72.1 Å². The van der Waals surface area contributed by atoms with Crippen molar-refractivity contribution in [3.63, 3.8) is 0 Å². The van der Waals surface area contributed by atoms with Crippen molar-refractivity contribution in [2.75, 3.05) is 13.1 Å². The molecule has 3 heteroatoms. The summed E-state index contributed by atoms with van der Waals surface area (Å²) in [6, 6.07) is 0. The molecule has 0 aliphatic heterocycles. The first-order chi connectivity index (χ1) is 8.52. The van der Waals surface area contributed by atoms with Crippen LogP contribution in [0.2, 0.25) is 0 Å². The molecule has 0 saturated heterocycles. The number of amides is 1. The third-order valence-electron chi connectivity index (χ3n) is 3.33. The number of rotatable bonds is 11. The fourth-order valence-electron chi connectivity index (χ4n) is 1.97. The molecule has 0 radical (unpaired) electrons. The summed E-state index contributed by atoms with van der Waals surface area (Å²) in [4.78, 5) is 11.6. The molecule has 0 heterocycles. The number of hydrogen-bond acceptors (Lipinski definition) is 2. The average Bonchev–Trinajstić information content (AvgIpc) is 2.32. The summed E-state index contributed by atoms with van der Waals surface area (Å²) in [5.41, 5.74) is 5.64. The van der Waals surface area contributed by atoms with Crippen LogP contribution < -0.4 is 11.1 Å². The van der Waals surface area contributed by atoms with Crippen molar-refractivity contribution in [1.29, 1.82) is 0 Å². The van der Waals surface area contributed by atoms with Gasteiger partial charge < -0.3 is 11.1 Å². The van der Waals surface area contributed by atoms with Gasteiger partial charge in [0.15, 0.2) is 0 Å². The van der Waals surface area contributed by atoms with Crippen LogP contribution in [0.1, 0.15) is 72.1 Å². The predicted octanol–water partition coefficient (Wildman–Crippen LogP) is 3.23. The summed E-state index contributed by atoms with van der Waals surface area (Å²) in [6.07, 6.45) is 8.67. The second kappa shape index (κ2) is 10.4. The van der Waals surface area contributed by atoms with Gasteiger partial charge in [0.2, 0.25) is 5.91 Å². The number of unbranched alkanes of at least 4 members (excludes halogenated alkanes) is 4. The Labute approximate surface area is 113 Å². The Morgan fingerprint density at radius 3 is 2.44 bits per heavy atom. The van der Waals surface area contributed by atoms with Gasteiger partial charge in [0.05, 0.1) is 0 Å². The molecule has 18 heavy (non-hydrogen) atoms. The molecule has 0 aliphatic rings. The van der Waals surface area contributed by atoms with E-state index in [2.05, 4.69) is 26.1 Å². The van der Waals surface area contributed by atoms with Crippen LogP contribution in [0.4, 0.5) is 0 Å². The first-order valence-electron chi connectivity index (χ1n) is 7.48. The molecular weight excluding hydrogens is 224 g/mol. The Bertz CT molecular complexity index is 215. The molecular formula is C15H32N2O. The zero-order valence-corrected chi connectivity index (χ0v) is 12.6. The van der Waals surface area contributed by atoms with E-state index in [1.807, 2.05) is 0 Å². The van der Waals surface area contributed by atoms with Crippen molar-refractivity contribution < 1.29 is 4.79 Å². The Hall–Kier alpha value is -0.570. The van der Waals surface area contributed by atoms with Gasteiger partial charge in [-0.05, 0) is 31.2 Å². The average molecular weight is 256 g/mol. The van der Waals surface area contributed by atoms with E-state index in [1.54, 1.807) is 0 Å². The number of carbonyl (C=O) groups excluding carboxylic acids is 1. The van der Waals surface area contributed by atoms with Crippen molar-refractivity contribution in [2.24, 2.45) is 11.1 Å². The highest BCUT2D eigenvalue weighted by Crippen LogP contribution is 2.22. The first-order valence-corrected chi connectivity index (χ1v) is 7.48. The Balaban J connectivity index is 3.62. The number of nitrogens with one attached hydrogen (secondary N) is 1. The summed E-state index contributed by atoms with van der Waals surface area (Å²) in [5, 5.41) is 3.06. The molecule has 0 unspecified atom stereocenters. The molecule has 3 N–H and O–H groups in total. The molecule has 0 rings (SSSR count). The molecule has 0 fully saturated rings. The van der Waals surface area contributed by atoms with Gasteiger partial charge in [0.25, 0.3) is 0 Å². The molecule has 0 aromatic carbocycles. The van der Waals surface area contributed by atoms with E-state index in [1.165, 1.54) is 25.7 Å². The summed E-state index contributed by atoms with van der Waals surface area (Å²) in [5.74, 6) is 0.190. The zero-order chi connectivity index (χ0) is 13.9. The van der Waals surface area contributed by atoms with Crippen LogP contribution in [0.3, 0.4) is 0 Å². The molecule has 1 amide bonds. The van der Waals surface area contributed by atoms with Gasteiger partial charge in [-0.3, -0.25) is 4.79 Å². The normalized spacial score (nSPS) is 11.6. The van der Waals surface area contributed by atoms with Gasteiger partial charge in [-0.25, -0.2) is 0 Å². The Morgan fingerprint density at radius 2 is 1.83 bits per heavy atom. The molecule has 0 saturated carbocycles. The minimum atomic E-state index is 0.190. The van der Waals surface area contributed by atoms with Crippen molar-refractivity contribution >= 4 is 5.91 Å². The highest BCUT2D eigenvalue weighted by Gasteiger charge is 2.17. The SMILES string of the molecule is CCCCCC(C)(C)CNC(=O)CCCCCN. The predicted molar refractivity (Wildman–Crippen MR) is 78.5 cm³/mol. The van der Waals surface area contributed by atoms with E-state index < -0.39 is 0 Å². The van der Waals surface area contributed by atoms with E-state index in [0.717, 1.165) is 32.4 Å². The van der Waals surface area contributed by atoms with Gasteiger partial charge in [-0.15, -0.1) is 0 Å². The molecule has 0 aromatic rings. The lowest BCUT2D eigenvalue weighted by molar-refractivity contribution is -0.121. The quantitative estimate of drug-likeness (QED) is 0.558. The van der Waals surface area contributed by atoms with Crippen molar-refractivity contribution in [3.05, 3.63) is 0 Å². The number of nitrogens with two attached hydrogens (primary N) is 1. The van der Waals surface area contributed by atoms with Gasteiger partial charge in [0.1, 0.15) is 0 Å². The lowest BCUT2D eigenvalue weighted by Crippen LogP contribution is -2.33. The van der Waals surface area contributed by atoms with Gasteiger partial charge in [-0.1, -0.05) is 46.5 Å². The number of hydrogen-bond donors (Lipinski definition) is 2. The summed E-state index contributed by atoms with van der Waals surface area (Å²) < 4.78 is 0. The van der Waals surface area contributed by atoms with E-state index in [9.17, 15) is 4.79 Å². The van der Waals surface area contributed by atoms with Crippen LogP contribution in [-0.4, -0.2) is 19.0 Å². The monoisotopic (exact) mass is 256 g/mol. The highest BCUT2D eigenvalue weighted by atomic mass is 16.1. The lowest BCUT2D eigenvalue weighted by atomic mass is 9.87. The zero-order valence-electron chi connectivity index (χ0n) is 12.6. The third kappa shape index (κ3) is 10.6. The molecule has 0 spiro atoms. The minimum Gasteiger partial charge on any atom is -0.356 e. The largest absolute Gasteiger partial charge is 0.356 e. The lowest BCUT2D eigenvalue weighted by Gasteiger charge is -2.25. The van der Waals surface area contributed by atoms with Crippen molar-refractivity contribution in [3.8, 4) is 0 Å². The third-order valence-corrected chi connectivity index (χ3v) is 3.33. The molecule has 0 aliphatic carbocycles. The fourth-order valence-corrected chi connectivity index (χ4v) is 1.97. The maximum atomic E-state index is 11.6. The molecule has 0 atom stereocenters. The minimum absolute atomic E-state index is 0.190. The maximum Gasteiger partial charge on any atom is 0.220 e. The van der Waals surface area contributed by atoms with Crippen LogP contribution in [0, 0.1) is 5.41 Å². The summed E-state index contributed by atoms with van der Waals surface area (Å²) in [7, 11) is 0. The first kappa shape index (κ1) is 17.4. The summed E-state index contributed by atoms with van der Waals surface area (Å²) >= 11 is 0. The van der Waals surface area contributed by atoms with E-state index in [0.29, 0.717) is 6.42 Å². The van der Waals surface area contributed by atoms with Gasteiger partial charge >= 0.3 is 0 Å². The van der Waals surface area contributed by atoms with Crippen LogP contribution >= 0.6 is 0 Å². The van der Waals surface area contributed by atoms with Gasteiger partial charge in [0, 0.05) is 13.0 Å². The maximum absolute atomic E-state index is 11.6. The van der Waals surface area contributed by atoms with E-state index in [4.69, 9.17) is 5.73 Å². The fraction of sp³-hybridized carbons (Fsp3) is 0.933. The second-order valence-corrected chi connectivity index (χ2v) is 6.00. The van der Waals surface area contributed by atoms with Gasteiger partial charge in [-0.2, -0.15) is 0 Å². The molecule has 0 bridgehead atoms. The van der Waals surface area contributed by atoms with E-state index in [-0.39, 0.29) is 11.3 Å². The topological polar surface area (TPSA) is 55.1 Å². The van der Waals surface area contributed by atoms with Crippen LogP contribution in [0.5, 0.6) is 0 Å². The van der Waals surface area contributed by atoms with Crippen LogP contribution in [0.15, 0.2) is 0 Å². The Morgan fingerprint density at radius 1 is 1.11 bits per heavy atom. The van der Waals surface area contributed by atoms with Crippen molar-refractivity contribution in [1.82, 2.24) is 5.32 Å². The van der Waals surface area contributed by atoms with E-state index >= 15 is 0 Å². The van der Waals surface area contributed by atoms with Crippen LogP contribution in [0.25, 0.3) is 0 Å².